The van der Waals surface area contributed by atoms with Crippen molar-refractivity contribution in [3.05, 3.63) is 48.5 Å². The van der Waals surface area contributed by atoms with Crippen LogP contribution in [0.3, 0.4) is 0 Å². The van der Waals surface area contributed by atoms with E-state index in [1.54, 1.807) is 4.90 Å². The van der Waals surface area contributed by atoms with E-state index in [-0.39, 0.29) is 36.9 Å². The van der Waals surface area contributed by atoms with Crippen molar-refractivity contribution in [2.45, 2.75) is 25.5 Å². The van der Waals surface area contributed by atoms with Crippen molar-refractivity contribution < 1.29 is 19.1 Å². The number of para-hydroxylation sites is 4. The van der Waals surface area contributed by atoms with E-state index < -0.39 is 0 Å². The molecule has 7 heteroatoms. The number of nitrogens with one attached hydrogen (secondary N) is 1. The van der Waals surface area contributed by atoms with E-state index in [1.807, 2.05) is 67.4 Å². The van der Waals surface area contributed by atoms with Gasteiger partial charge in [0.25, 0.3) is 0 Å². The molecule has 2 aromatic carbocycles. The largest absolute Gasteiger partial charge is 0.486 e. The van der Waals surface area contributed by atoms with Crippen LogP contribution in [-0.4, -0.2) is 55.6 Å². The maximum Gasteiger partial charge on any atom is 0.241 e. The molecule has 2 aromatic rings. The lowest BCUT2D eigenvalue weighted by atomic mass is 10.1. The molecule has 2 heterocycles. The first-order chi connectivity index (χ1) is 14.0. The maximum absolute atomic E-state index is 13.2. The molecular formula is C22H25N3O4. The summed E-state index contributed by atoms with van der Waals surface area (Å²) in [5.74, 6) is 1.33. The Morgan fingerprint density at radius 1 is 1.17 bits per heavy atom. The Morgan fingerprint density at radius 3 is 2.72 bits per heavy atom. The number of carbonyl (C=O) groups excluding carboxylic acids is 2. The van der Waals surface area contributed by atoms with Crippen molar-refractivity contribution >= 4 is 23.2 Å². The molecule has 0 saturated carbocycles. The Hall–Kier alpha value is -3.06. The molecular weight excluding hydrogens is 370 g/mol. The van der Waals surface area contributed by atoms with E-state index in [1.165, 1.54) is 0 Å². The minimum atomic E-state index is -0.222. The van der Waals surface area contributed by atoms with Gasteiger partial charge in [-0.15, -0.1) is 0 Å². The van der Waals surface area contributed by atoms with Gasteiger partial charge in [-0.05, 0) is 38.2 Å². The van der Waals surface area contributed by atoms with E-state index >= 15 is 0 Å². The molecule has 0 unspecified atom stereocenters. The van der Waals surface area contributed by atoms with E-state index in [0.29, 0.717) is 18.8 Å². The van der Waals surface area contributed by atoms with Gasteiger partial charge in [-0.3, -0.25) is 14.5 Å². The van der Waals surface area contributed by atoms with Gasteiger partial charge in [-0.2, -0.15) is 0 Å². The first-order valence-corrected chi connectivity index (χ1v) is 9.79. The van der Waals surface area contributed by atoms with Gasteiger partial charge in [0.2, 0.25) is 11.8 Å². The van der Waals surface area contributed by atoms with Crippen LogP contribution in [0.5, 0.6) is 11.5 Å². The number of rotatable bonds is 4. The van der Waals surface area contributed by atoms with Crippen LogP contribution in [0.2, 0.25) is 0 Å². The number of hydrogen-bond acceptors (Lipinski definition) is 5. The van der Waals surface area contributed by atoms with Crippen molar-refractivity contribution in [1.29, 1.82) is 0 Å². The number of carbonyl (C=O) groups is 2. The molecule has 2 atom stereocenters. The second-order valence-electron chi connectivity index (χ2n) is 7.58. The van der Waals surface area contributed by atoms with Gasteiger partial charge in [-0.25, -0.2) is 0 Å². The number of likely N-dealkylation sites (N-methyl/N-ethyl adjacent to an activating group) is 1. The predicted molar refractivity (Wildman–Crippen MR) is 110 cm³/mol. The van der Waals surface area contributed by atoms with Crippen molar-refractivity contribution in [2.75, 3.05) is 37.0 Å². The highest BCUT2D eigenvalue weighted by atomic mass is 16.6. The third kappa shape index (κ3) is 4.19. The average Bonchev–Trinajstić information content (AvgIpc) is 2.81. The molecule has 7 nitrogen and oxygen atoms in total. The van der Waals surface area contributed by atoms with E-state index in [4.69, 9.17) is 9.47 Å². The number of ether oxygens (including phenoxy) is 2. The highest BCUT2D eigenvalue weighted by Crippen LogP contribution is 2.32. The van der Waals surface area contributed by atoms with E-state index in [9.17, 15) is 9.59 Å². The highest BCUT2D eigenvalue weighted by Gasteiger charge is 2.30. The summed E-state index contributed by atoms with van der Waals surface area (Å²) in [6.45, 7) is 3.11. The fourth-order valence-corrected chi connectivity index (χ4v) is 3.84. The van der Waals surface area contributed by atoms with Gasteiger partial charge in [0.1, 0.15) is 12.7 Å². The van der Waals surface area contributed by atoms with E-state index in [0.717, 1.165) is 17.2 Å². The maximum atomic E-state index is 13.2. The molecule has 0 saturated heterocycles. The summed E-state index contributed by atoms with van der Waals surface area (Å²) < 4.78 is 11.8. The number of fused-ring (bicyclic) bond motifs is 2. The Labute approximate surface area is 170 Å². The van der Waals surface area contributed by atoms with Crippen LogP contribution in [0, 0.1) is 0 Å². The van der Waals surface area contributed by atoms with Gasteiger partial charge < -0.3 is 19.7 Å². The third-order valence-electron chi connectivity index (χ3n) is 5.12. The minimum absolute atomic E-state index is 0.0546. The van der Waals surface area contributed by atoms with Crippen LogP contribution < -0.4 is 19.7 Å². The van der Waals surface area contributed by atoms with E-state index in [2.05, 4.69) is 5.32 Å². The zero-order valence-electron chi connectivity index (χ0n) is 16.6. The Morgan fingerprint density at radius 2 is 1.90 bits per heavy atom. The quantitative estimate of drug-likeness (QED) is 0.861. The summed E-state index contributed by atoms with van der Waals surface area (Å²) in [5.41, 5.74) is 1.40. The Balaban J connectivity index is 1.43. The Bertz CT molecular complexity index is 916. The monoisotopic (exact) mass is 395 g/mol. The molecule has 2 aliphatic rings. The molecule has 152 valence electrons. The molecule has 0 radical (unpaired) electrons. The Kier molecular flexibility index (Phi) is 5.40. The number of anilines is 2. The second-order valence-corrected chi connectivity index (χ2v) is 7.58. The van der Waals surface area contributed by atoms with Crippen LogP contribution in [0.25, 0.3) is 0 Å². The molecule has 2 amide bonds. The molecule has 0 aliphatic carbocycles. The fourth-order valence-electron chi connectivity index (χ4n) is 3.84. The summed E-state index contributed by atoms with van der Waals surface area (Å²) in [6, 6.07) is 14.8. The van der Waals surface area contributed by atoms with Gasteiger partial charge >= 0.3 is 0 Å². The molecule has 2 aliphatic heterocycles. The van der Waals surface area contributed by atoms with Crippen LogP contribution in [-0.2, 0) is 9.59 Å². The number of benzene rings is 2. The standard InChI is InChI=1S/C22H25N3O4/c1-15-11-21(26)23-17-7-3-4-8-18(17)25(15)22(27)13-24(2)12-16-14-28-19-9-5-6-10-20(19)29-16/h3-10,15-16H,11-14H2,1-2H3,(H,23,26)/t15-,16-/m0/s1. The van der Waals surface area contributed by atoms with Crippen molar-refractivity contribution in [3.8, 4) is 11.5 Å². The van der Waals surface area contributed by atoms with Crippen LogP contribution in [0.1, 0.15) is 13.3 Å². The van der Waals surface area contributed by atoms with Crippen LogP contribution in [0.4, 0.5) is 11.4 Å². The molecule has 29 heavy (non-hydrogen) atoms. The molecule has 0 aromatic heterocycles. The predicted octanol–water partition coefficient (Wildman–Crippen LogP) is 2.52. The summed E-state index contributed by atoms with van der Waals surface area (Å²) >= 11 is 0. The summed E-state index contributed by atoms with van der Waals surface area (Å²) in [5, 5.41) is 2.88. The smallest absolute Gasteiger partial charge is 0.241 e. The zero-order chi connectivity index (χ0) is 20.4. The summed E-state index contributed by atoms with van der Waals surface area (Å²) in [7, 11) is 1.89. The first kappa shape index (κ1) is 19.3. The molecule has 0 fully saturated rings. The lowest BCUT2D eigenvalue weighted by molar-refractivity contribution is -0.120. The zero-order valence-corrected chi connectivity index (χ0v) is 16.6. The second kappa shape index (κ2) is 8.13. The summed E-state index contributed by atoms with van der Waals surface area (Å²) in [6.07, 6.45) is 0.111. The van der Waals surface area contributed by atoms with Crippen LogP contribution >= 0.6 is 0 Å². The van der Waals surface area contributed by atoms with Crippen LogP contribution in [0.15, 0.2) is 48.5 Å². The molecule has 1 N–H and O–H groups in total. The molecule has 0 spiro atoms. The number of nitrogens with zero attached hydrogens (tertiary/aromatic N) is 2. The first-order valence-electron chi connectivity index (χ1n) is 9.79. The van der Waals surface area contributed by atoms with Gasteiger partial charge in [0, 0.05) is 19.0 Å². The number of hydrogen-bond donors (Lipinski definition) is 1. The highest BCUT2D eigenvalue weighted by molar-refractivity contribution is 6.04. The van der Waals surface area contributed by atoms with Gasteiger partial charge in [-0.1, -0.05) is 24.3 Å². The fraction of sp³-hybridized carbons (Fsp3) is 0.364. The molecule has 4 rings (SSSR count). The molecule has 0 bridgehead atoms. The lowest BCUT2D eigenvalue weighted by Gasteiger charge is -2.32. The van der Waals surface area contributed by atoms with Gasteiger partial charge in [0.05, 0.1) is 17.9 Å². The van der Waals surface area contributed by atoms with Crippen molar-refractivity contribution in [2.24, 2.45) is 0 Å². The normalized spacial score (nSPS) is 20.7. The number of amides is 2. The van der Waals surface area contributed by atoms with Crippen molar-refractivity contribution in [3.63, 3.8) is 0 Å². The van der Waals surface area contributed by atoms with Crippen molar-refractivity contribution in [1.82, 2.24) is 4.90 Å². The van der Waals surface area contributed by atoms with Gasteiger partial charge in [0.15, 0.2) is 11.5 Å². The topological polar surface area (TPSA) is 71.1 Å². The summed E-state index contributed by atoms with van der Waals surface area (Å²) in [4.78, 5) is 28.9. The lowest BCUT2D eigenvalue weighted by Crippen LogP contribution is -2.47. The third-order valence-corrected chi connectivity index (χ3v) is 5.12. The average molecular weight is 395 g/mol. The minimum Gasteiger partial charge on any atom is -0.486 e. The SMILES string of the molecule is C[C@H]1CC(=O)Nc2ccccc2N1C(=O)CN(C)C[C@H]1COc2ccccc2O1.